The van der Waals surface area contributed by atoms with E-state index in [1.807, 2.05) is 17.9 Å². The molecule has 6 nitrogen and oxygen atoms in total. The molecule has 23 heavy (non-hydrogen) atoms. The van der Waals surface area contributed by atoms with Gasteiger partial charge in [0.05, 0.1) is 12.8 Å². The molecule has 0 amide bonds. The van der Waals surface area contributed by atoms with Crippen LogP contribution in [0.5, 0.6) is 0 Å². The van der Waals surface area contributed by atoms with Crippen molar-refractivity contribution in [2.24, 2.45) is 17.5 Å². The Morgan fingerprint density at radius 1 is 1.48 bits per heavy atom. The van der Waals surface area contributed by atoms with Gasteiger partial charge in [0.1, 0.15) is 0 Å². The summed E-state index contributed by atoms with van der Waals surface area (Å²) >= 11 is 0. The van der Waals surface area contributed by atoms with Crippen LogP contribution in [0.4, 0.5) is 0 Å². The predicted molar refractivity (Wildman–Crippen MR) is 91.6 cm³/mol. The third kappa shape index (κ3) is 4.05. The third-order valence-electron chi connectivity index (χ3n) is 4.90. The SMILES string of the molecule is CCNC(=NCCCc1cnn(C)c1)N1CCC2(CCOC2)C1. The first-order valence-corrected chi connectivity index (χ1v) is 8.79. The first-order chi connectivity index (χ1) is 11.2. The number of aromatic nitrogens is 2. The van der Waals surface area contributed by atoms with E-state index in [1.54, 1.807) is 0 Å². The van der Waals surface area contributed by atoms with Gasteiger partial charge in [-0.1, -0.05) is 0 Å². The van der Waals surface area contributed by atoms with E-state index in [4.69, 9.17) is 9.73 Å². The van der Waals surface area contributed by atoms with E-state index in [0.717, 1.165) is 58.2 Å². The molecule has 3 heterocycles. The Hall–Kier alpha value is -1.56. The van der Waals surface area contributed by atoms with Crippen molar-refractivity contribution in [2.45, 2.75) is 32.6 Å². The average molecular weight is 319 g/mol. The number of nitrogens with one attached hydrogen (secondary N) is 1. The van der Waals surface area contributed by atoms with Crippen LogP contribution in [0, 0.1) is 5.41 Å². The molecule has 128 valence electrons. The quantitative estimate of drug-likeness (QED) is 0.507. The van der Waals surface area contributed by atoms with Gasteiger partial charge in [0.25, 0.3) is 0 Å². The minimum absolute atomic E-state index is 0.381. The van der Waals surface area contributed by atoms with Crippen LogP contribution in [0.2, 0.25) is 0 Å². The van der Waals surface area contributed by atoms with Crippen molar-refractivity contribution in [3.63, 3.8) is 0 Å². The van der Waals surface area contributed by atoms with Gasteiger partial charge in [0.15, 0.2) is 5.96 Å². The molecule has 2 aliphatic rings. The van der Waals surface area contributed by atoms with Crippen LogP contribution < -0.4 is 5.32 Å². The summed E-state index contributed by atoms with van der Waals surface area (Å²) in [5, 5.41) is 7.66. The molecule has 3 rings (SSSR count). The van der Waals surface area contributed by atoms with Crippen molar-refractivity contribution in [3.8, 4) is 0 Å². The van der Waals surface area contributed by atoms with Crippen molar-refractivity contribution in [3.05, 3.63) is 18.0 Å². The van der Waals surface area contributed by atoms with Crippen molar-refractivity contribution >= 4 is 5.96 Å². The second-order valence-corrected chi connectivity index (χ2v) is 6.84. The third-order valence-corrected chi connectivity index (χ3v) is 4.90. The van der Waals surface area contributed by atoms with Crippen LogP contribution >= 0.6 is 0 Å². The molecule has 0 radical (unpaired) electrons. The summed E-state index contributed by atoms with van der Waals surface area (Å²) in [6.07, 6.45) is 8.55. The van der Waals surface area contributed by atoms with Gasteiger partial charge in [-0.05, 0) is 38.2 Å². The van der Waals surface area contributed by atoms with Gasteiger partial charge in [-0.3, -0.25) is 9.67 Å². The zero-order valence-corrected chi connectivity index (χ0v) is 14.4. The fourth-order valence-electron chi connectivity index (χ4n) is 3.58. The van der Waals surface area contributed by atoms with Crippen LogP contribution in [0.25, 0.3) is 0 Å². The number of likely N-dealkylation sites (tertiary alicyclic amines) is 1. The summed E-state index contributed by atoms with van der Waals surface area (Å²) in [5.74, 6) is 1.07. The van der Waals surface area contributed by atoms with E-state index >= 15 is 0 Å². The van der Waals surface area contributed by atoms with Gasteiger partial charge in [-0.15, -0.1) is 0 Å². The zero-order valence-electron chi connectivity index (χ0n) is 14.4. The van der Waals surface area contributed by atoms with Gasteiger partial charge in [-0.2, -0.15) is 5.10 Å². The number of aliphatic imine (C=N–C) groups is 1. The molecule has 0 aromatic carbocycles. The number of nitrogens with zero attached hydrogens (tertiary/aromatic N) is 4. The maximum Gasteiger partial charge on any atom is 0.193 e. The lowest BCUT2D eigenvalue weighted by Gasteiger charge is -2.25. The summed E-state index contributed by atoms with van der Waals surface area (Å²) in [5.41, 5.74) is 1.67. The molecule has 2 fully saturated rings. The number of hydrogen-bond acceptors (Lipinski definition) is 3. The maximum absolute atomic E-state index is 5.62. The van der Waals surface area contributed by atoms with E-state index in [-0.39, 0.29) is 0 Å². The lowest BCUT2D eigenvalue weighted by Crippen LogP contribution is -2.41. The zero-order chi connectivity index (χ0) is 16.1. The molecule has 6 heteroatoms. The number of rotatable bonds is 5. The molecule has 1 spiro atoms. The summed E-state index contributed by atoms with van der Waals surface area (Å²) in [4.78, 5) is 7.25. The molecule has 1 atom stereocenters. The Kier molecular flexibility index (Phi) is 5.20. The second kappa shape index (κ2) is 7.34. The average Bonchev–Trinajstić information content (AvgIpc) is 3.26. The Morgan fingerprint density at radius 3 is 3.09 bits per heavy atom. The van der Waals surface area contributed by atoms with Gasteiger partial charge < -0.3 is 15.0 Å². The first kappa shape index (κ1) is 16.3. The first-order valence-electron chi connectivity index (χ1n) is 8.79. The Labute approximate surface area is 138 Å². The van der Waals surface area contributed by atoms with Crippen LogP contribution in [0.1, 0.15) is 31.7 Å². The van der Waals surface area contributed by atoms with E-state index in [1.165, 1.54) is 18.4 Å². The van der Waals surface area contributed by atoms with E-state index in [0.29, 0.717) is 5.41 Å². The summed E-state index contributed by atoms with van der Waals surface area (Å²) in [6.45, 7) is 7.93. The molecule has 2 aliphatic heterocycles. The van der Waals surface area contributed by atoms with Crippen molar-refractivity contribution in [1.29, 1.82) is 0 Å². The Balaban J connectivity index is 1.51. The van der Waals surface area contributed by atoms with Crippen LogP contribution in [0.3, 0.4) is 0 Å². The fraction of sp³-hybridized carbons (Fsp3) is 0.765. The van der Waals surface area contributed by atoms with Crippen LogP contribution in [-0.4, -0.2) is 60.0 Å². The minimum Gasteiger partial charge on any atom is -0.381 e. The summed E-state index contributed by atoms with van der Waals surface area (Å²) in [7, 11) is 1.96. The summed E-state index contributed by atoms with van der Waals surface area (Å²) in [6, 6.07) is 0. The molecule has 0 saturated carbocycles. The molecule has 2 saturated heterocycles. The molecular weight excluding hydrogens is 290 g/mol. The second-order valence-electron chi connectivity index (χ2n) is 6.84. The van der Waals surface area contributed by atoms with Crippen LogP contribution in [0.15, 0.2) is 17.4 Å². The molecule has 1 N–H and O–H groups in total. The Bertz CT molecular complexity index is 533. The fourth-order valence-corrected chi connectivity index (χ4v) is 3.58. The molecule has 0 aliphatic carbocycles. The highest BCUT2D eigenvalue weighted by Crippen LogP contribution is 2.38. The van der Waals surface area contributed by atoms with Gasteiger partial charge in [0.2, 0.25) is 0 Å². The largest absolute Gasteiger partial charge is 0.381 e. The van der Waals surface area contributed by atoms with Gasteiger partial charge in [0, 0.05) is 51.4 Å². The molecule has 1 unspecified atom stereocenters. The highest BCUT2D eigenvalue weighted by molar-refractivity contribution is 5.80. The normalized spacial score (nSPS) is 24.8. The lowest BCUT2D eigenvalue weighted by atomic mass is 9.87. The highest BCUT2D eigenvalue weighted by Gasteiger charge is 2.42. The Morgan fingerprint density at radius 2 is 2.39 bits per heavy atom. The number of aryl methyl sites for hydroxylation is 2. The monoisotopic (exact) mass is 319 g/mol. The van der Waals surface area contributed by atoms with Crippen LogP contribution in [-0.2, 0) is 18.2 Å². The number of ether oxygens (including phenoxy) is 1. The topological polar surface area (TPSA) is 54.7 Å². The number of hydrogen-bond donors (Lipinski definition) is 1. The highest BCUT2D eigenvalue weighted by atomic mass is 16.5. The van der Waals surface area contributed by atoms with Crippen molar-refractivity contribution < 1.29 is 4.74 Å². The standard InChI is InChI=1S/C17H29N5O/c1-3-18-16(19-8-4-5-15-11-20-21(2)12-15)22-9-6-17(13-22)7-10-23-14-17/h11-12H,3-10,13-14H2,1-2H3,(H,18,19). The maximum atomic E-state index is 5.62. The lowest BCUT2D eigenvalue weighted by molar-refractivity contribution is 0.156. The van der Waals surface area contributed by atoms with Gasteiger partial charge >= 0.3 is 0 Å². The van der Waals surface area contributed by atoms with E-state index < -0.39 is 0 Å². The predicted octanol–water partition coefficient (Wildman–Crippen LogP) is 1.43. The van der Waals surface area contributed by atoms with E-state index in [9.17, 15) is 0 Å². The van der Waals surface area contributed by atoms with E-state index in [2.05, 4.69) is 28.4 Å². The molecule has 1 aromatic rings. The molecule has 0 bridgehead atoms. The molecular formula is C17H29N5O. The van der Waals surface area contributed by atoms with Crippen molar-refractivity contribution in [1.82, 2.24) is 20.0 Å². The molecule has 1 aromatic heterocycles. The smallest absolute Gasteiger partial charge is 0.193 e. The van der Waals surface area contributed by atoms with Gasteiger partial charge in [-0.25, -0.2) is 0 Å². The summed E-state index contributed by atoms with van der Waals surface area (Å²) < 4.78 is 7.48. The van der Waals surface area contributed by atoms with Crippen molar-refractivity contribution in [2.75, 3.05) is 39.4 Å². The minimum atomic E-state index is 0.381. The number of guanidine groups is 1.